The van der Waals surface area contributed by atoms with E-state index in [4.69, 9.17) is 15.2 Å². The van der Waals surface area contributed by atoms with Gasteiger partial charge in [-0.2, -0.15) is 0 Å². The van der Waals surface area contributed by atoms with Gasteiger partial charge in [0.1, 0.15) is 12.2 Å². The van der Waals surface area contributed by atoms with Crippen molar-refractivity contribution in [1.82, 2.24) is 0 Å². The minimum atomic E-state index is 0.129. The molecule has 0 aliphatic carbocycles. The summed E-state index contributed by atoms with van der Waals surface area (Å²) in [6.07, 6.45) is 1.15. The van der Waals surface area contributed by atoms with Crippen LogP contribution in [0.3, 0.4) is 0 Å². The van der Waals surface area contributed by atoms with E-state index in [1.807, 2.05) is 6.92 Å². The fourth-order valence-corrected chi connectivity index (χ4v) is 2.93. The molecule has 0 spiro atoms. The average molecular weight is 278 g/mol. The number of ether oxygens (including phenoxy) is 2. The van der Waals surface area contributed by atoms with Gasteiger partial charge in [0.15, 0.2) is 0 Å². The molecule has 1 heterocycles. The van der Waals surface area contributed by atoms with E-state index >= 15 is 0 Å². The summed E-state index contributed by atoms with van der Waals surface area (Å²) in [5, 5.41) is 0. The highest BCUT2D eigenvalue weighted by atomic mass is 16.5. The molecule has 0 amide bonds. The van der Waals surface area contributed by atoms with Crippen molar-refractivity contribution in [3.63, 3.8) is 0 Å². The number of anilines is 1. The molecule has 1 fully saturated rings. The molecule has 1 aliphatic rings. The summed E-state index contributed by atoms with van der Waals surface area (Å²) in [6.45, 7) is 5.90. The highest BCUT2D eigenvalue weighted by Gasteiger charge is 2.33. The molecule has 20 heavy (non-hydrogen) atoms. The van der Waals surface area contributed by atoms with E-state index in [1.54, 1.807) is 14.2 Å². The third kappa shape index (κ3) is 3.32. The Morgan fingerprint density at radius 3 is 2.35 bits per heavy atom. The smallest absolute Gasteiger partial charge is 0.102 e. The van der Waals surface area contributed by atoms with Crippen LogP contribution in [0.4, 0.5) is 5.69 Å². The Kier molecular flexibility index (Phi) is 5.02. The average Bonchev–Trinajstić information content (AvgIpc) is 2.81. The molecule has 2 N–H and O–H groups in total. The van der Waals surface area contributed by atoms with Gasteiger partial charge in [-0.1, -0.05) is 17.7 Å². The lowest BCUT2D eigenvalue weighted by Gasteiger charge is -2.23. The molecular formula is C16H26N2O2. The van der Waals surface area contributed by atoms with Gasteiger partial charge in [0.05, 0.1) is 0 Å². The van der Waals surface area contributed by atoms with Crippen LogP contribution in [0.15, 0.2) is 18.2 Å². The topological polar surface area (TPSA) is 47.7 Å². The number of nitrogens with two attached hydrogens (primary N) is 1. The maximum atomic E-state index is 5.98. The summed E-state index contributed by atoms with van der Waals surface area (Å²) in [5.74, 6) is 0. The van der Waals surface area contributed by atoms with Gasteiger partial charge < -0.3 is 20.1 Å². The second kappa shape index (κ2) is 6.57. The standard InChI is InChI=1S/C16H26N2O2/c1-11-5-6-14(13(7-11)8-12(2)17)18-9-15(19-3)16(10-18)20-4/h5-7,12,15-16H,8-10,17H2,1-4H3. The monoisotopic (exact) mass is 278 g/mol. The molecule has 4 heteroatoms. The van der Waals surface area contributed by atoms with Crippen LogP contribution in [-0.2, 0) is 15.9 Å². The molecule has 1 aliphatic heterocycles. The first-order chi connectivity index (χ1) is 9.55. The minimum Gasteiger partial charge on any atom is -0.377 e. The van der Waals surface area contributed by atoms with Crippen molar-refractivity contribution >= 4 is 5.69 Å². The lowest BCUT2D eigenvalue weighted by Crippen LogP contribution is -2.27. The van der Waals surface area contributed by atoms with E-state index < -0.39 is 0 Å². The van der Waals surface area contributed by atoms with Crippen LogP contribution in [0.1, 0.15) is 18.1 Å². The van der Waals surface area contributed by atoms with E-state index in [0.29, 0.717) is 0 Å². The molecule has 0 radical (unpaired) electrons. The Labute approximate surface area is 121 Å². The van der Waals surface area contributed by atoms with Crippen molar-refractivity contribution in [2.45, 2.75) is 38.5 Å². The highest BCUT2D eigenvalue weighted by molar-refractivity contribution is 5.56. The van der Waals surface area contributed by atoms with Gasteiger partial charge in [-0.3, -0.25) is 0 Å². The first-order valence-corrected chi connectivity index (χ1v) is 7.20. The number of hydrogen-bond donors (Lipinski definition) is 1. The van der Waals surface area contributed by atoms with Gasteiger partial charge in [0, 0.05) is 39.0 Å². The maximum Gasteiger partial charge on any atom is 0.102 e. The number of nitrogens with zero attached hydrogens (tertiary/aromatic N) is 1. The summed E-state index contributed by atoms with van der Waals surface area (Å²) in [5.41, 5.74) is 9.82. The molecule has 2 rings (SSSR count). The number of benzene rings is 1. The molecule has 3 atom stereocenters. The molecule has 0 aromatic heterocycles. The third-order valence-electron chi connectivity index (χ3n) is 3.94. The van der Waals surface area contributed by atoms with Crippen molar-refractivity contribution < 1.29 is 9.47 Å². The van der Waals surface area contributed by atoms with Crippen molar-refractivity contribution in [2.75, 3.05) is 32.2 Å². The normalized spacial score (nSPS) is 24.1. The lowest BCUT2D eigenvalue weighted by molar-refractivity contribution is -0.00461. The fraction of sp³-hybridized carbons (Fsp3) is 0.625. The number of rotatable bonds is 5. The fourth-order valence-electron chi connectivity index (χ4n) is 2.93. The zero-order valence-electron chi connectivity index (χ0n) is 12.9. The number of hydrogen-bond acceptors (Lipinski definition) is 4. The second-order valence-corrected chi connectivity index (χ2v) is 5.77. The van der Waals surface area contributed by atoms with Crippen molar-refractivity contribution in [2.24, 2.45) is 5.73 Å². The van der Waals surface area contributed by atoms with Crippen molar-refractivity contribution in [1.29, 1.82) is 0 Å². The van der Waals surface area contributed by atoms with Crippen molar-refractivity contribution in [3.05, 3.63) is 29.3 Å². The first kappa shape index (κ1) is 15.3. The zero-order chi connectivity index (χ0) is 14.7. The number of aryl methyl sites for hydroxylation is 1. The molecule has 4 nitrogen and oxygen atoms in total. The van der Waals surface area contributed by atoms with E-state index in [9.17, 15) is 0 Å². The van der Waals surface area contributed by atoms with E-state index in [-0.39, 0.29) is 18.2 Å². The van der Waals surface area contributed by atoms with Crippen LogP contribution in [0.25, 0.3) is 0 Å². The highest BCUT2D eigenvalue weighted by Crippen LogP contribution is 2.28. The summed E-state index contributed by atoms with van der Waals surface area (Å²) >= 11 is 0. The van der Waals surface area contributed by atoms with Gasteiger partial charge in [-0.05, 0) is 31.9 Å². The van der Waals surface area contributed by atoms with Crippen LogP contribution in [0.2, 0.25) is 0 Å². The quantitative estimate of drug-likeness (QED) is 0.891. The molecule has 3 unspecified atom stereocenters. The Balaban J connectivity index is 2.24. The summed E-state index contributed by atoms with van der Waals surface area (Å²) < 4.78 is 11.0. The summed E-state index contributed by atoms with van der Waals surface area (Å²) in [6, 6.07) is 6.75. The molecule has 0 saturated carbocycles. The Morgan fingerprint density at radius 1 is 1.25 bits per heavy atom. The predicted octanol–water partition coefficient (Wildman–Crippen LogP) is 1.73. The molecule has 0 bridgehead atoms. The van der Waals surface area contributed by atoms with Crippen molar-refractivity contribution in [3.8, 4) is 0 Å². The van der Waals surface area contributed by atoms with Gasteiger partial charge in [0.2, 0.25) is 0 Å². The minimum absolute atomic E-state index is 0.129. The van der Waals surface area contributed by atoms with Gasteiger partial charge >= 0.3 is 0 Å². The predicted molar refractivity (Wildman–Crippen MR) is 82.3 cm³/mol. The first-order valence-electron chi connectivity index (χ1n) is 7.20. The maximum absolute atomic E-state index is 5.98. The van der Waals surface area contributed by atoms with Gasteiger partial charge in [-0.15, -0.1) is 0 Å². The van der Waals surface area contributed by atoms with Crippen LogP contribution >= 0.6 is 0 Å². The van der Waals surface area contributed by atoms with Gasteiger partial charge in [0.25, 0.3) is 0 Å². The largest absolute Gasteiger partial charge is 0.377 e. The molecular weight excluding hydrogens is 252 g/mol. The van der Waals surface area contributed by atoms with Gasteiger partial charge in [-0.25, -0.2) is 0 Å². The molecule has 112 valence electrons. The third-order valence-corrected chi connectivity index (χ3v) is 3.94. The number of methoxy groups -OCH3 is 2. The molecule has 1 aromatic carbocycles. The summed E-state index contributed by atoms with van der Waals surface area (Å²) in [7, 11) is 3.50. The Hall–Kier alpha value is -1.10. The van der Waals surface area contributed by atoms with E-state index in [1.165, 1.54) is 16.8 Å². The Bertz CT molecular complexity index is 436. The van der Waals surface area contributed by atoms with E-state index in [0.717, 1.165) is 19.5 Å². The Morgan fingerprint density at radius 2 is 1.85 bits per heavy atom. The summed E-state index contributed by atoms with van der Waals surface area (Å²) in [4.78, 5) is 2.35. The van der Waals surface area contributed by atoms with Crippen LogP contribution in [0.5, 0.6) is 0 Å². The molecule has 1 aromatic rings. The SMILES string of the molecule is COC1CN(c2ccc(C)cc2CC(C)N)CC1OC. The second-order valence-electron chi connectivity index (χ2n) is 5.77. The van der Waals surface area contributed by atoms with Crippen LogP contribution in [-0.4, -0.2) is 45.6 Å². The lowest BCUT2D eigenvalue weighted by atomic mass is 10.0. The zero-order valence-corrected chi connectivity index (χ0v) is 12.9. The van der Waals surface area contributed by atoms with E-state index in [2.05, 4.69) is 30.0 Å². The molecule has 1 saturated heterocycles. The van der Waals surface area contributed by atoms with Crippen LogP contribution < -0.4 is 10.6 Å². The van der Waals surface area contributed by atoms with Crippen LogP contribution in [0, 0.1) is 6.92 Å².